The Kier molecular flexibility index (Phi) is 5.09. The number of pyridine rings is 1. The minimum atomic E-state index is -0.687. The molecule has 27 heavy (non-hydrogen) atoms. The van der Waals surface area contributed by atoms with Gasteiger partial charge in [0.05, 0.1) is 22.9 Å². The number of likely N-dealkylation sites (tertiary alicyclic amines) is 1. The van der Waals surface area contributed by atoms with Crippen molar-refractivity contribution in [2.75, 3.05) is 27.2 Å². The van der Waals surface area contributed by atoms with Gasteiger partial charge < -0.3 is 14.9 Å². The Morgan fingerprint density at radius 1 is 1.26 bits per heavy atom. The average molecular weight is 369 g/mol. The standard InChI is InChI=1S/C19H23N5O3/c1-11-14(12(2)22-21-11)17(25)15-16(13-5-7-20-8-6-13)24(10-9-23(3)4)19(27)18(15)26/h5-8,16,25H,9-10H2,1-4H3,(H,21,22). The maximum atomic E-state index is 12.8. The molecule has 1 aliphatic rings. The second kappa shape index (κ2) is 7.32. The lowest BCUT2D eigenvalue weighted by molar-refractivity contribution is -0.140. The van der Waals surface area contributed by atoms with E-state index in [0.717, 1.165) is 5.56 Å². The molecule has 0 aromatic carbocycles. The van der Waals surface area contributed by atoms with Crippen LogP contribution >= 0.6 is 0 Å². The van der Waals surface area contributed by atoms with Gasteiger partial charge in [0.25, 0.3) is 11.7 Å². The number of carbonyl (C=O) groups excluding carboxylic acids is 2. The zero-order valence-electron chi connectivity index (χ0n) is 15.9. The first-order chi connectivity index (χ1) is 12.8. The lowest BCUT2D eigenvalue weighted by Crippen LogP contribution is -2.35. The number of H-pyrrole nitrogens is 1. The number of hydrogen-bond donors (Lipinski definition) is 2. The summed E-state index contributed by atoms with van der Waals surface area (Å²) in [5.74, 6) is -1.50. The van der Waals surface area contributed by atoms with Crippen molar-refractivity contribution in [3.8, 4) is 0 Å². The van der Waals surface area contributed by atoms with Gasteiger partial charge in [-0.15, -0.1) is 0 Å². The van der Waals surface area contributed by atoms with Gasteiger partial charge in [-0.25, -0.2) is 0 Å². The highest BCUT2D eigenvalue weighted by molar-refractivity contribution is 6.46. The highest BCUT2D eigenvalue weighted by atomic mass is 16.3. The lowest BCUT2D eigenvalue weighted by Gasteiger charge is -2.26. The number of hydrogen-bond acceptors (Lipinski definition) is 6. The number of aryl methyl sites for hydroxylation is 2. The smallest absolute Gasteiger partial charge is 0.295 e. The van der Waals surface area contributed by atoms with Crippen LogP contribution in [0.4, 0.5) is 0 Å². The molecule has 1 amide bonds. The van der Waals surface area contributed by atoms with Crippen LogP contribution in [0.1, 0.15) is 28.6 Å². The molecule has 3 rings (SSSR count). The van der Waals surface area contributed by atoms with E-state index in [2.05, 4.69) is 15.2 Å². The minimum Gasteiger partial charge on any atom is -0.507 e. The van der Waals surface area contributed by atoms with Crippen LogP contribution in [0.3, 0.4) is 0 Å². The van der Waals surface area contributed by atoms with Gasteiger partial charge in [0.15, 0.2) is 0 Å². The van der Waals surface area contributed by atoms with Crippen molar-refractivity contribution >= 4 is 17.4 Å². The normalized spacial score (nSPS) is 19.3. The summed E-state index contributed by atoms with van der Waals surface area (Å²) in [6, 6.07) is 2.84. The number of aromatic nitrogens is 3. The summed E-state index contributed by atoms with van der Waals surface area (Å²) in [5.41, 5.74) is 2.47. The number of aliphatic hydroxyl groups is 1. The second-order valence-corrected chi connectivity index (χ2v) is 6.89. The molecule has 8 heteroatoms. The first-order valence-electron chi connectivity index (χ1n) is 8.68. The average Bonchev–Trinajstić information content (AvgIpc) is 3.10. The Bertz CT molecular complexity index is 882. The highest BCUT2D eigenvalue weighted by Crippen LogP contribution is 2.39. The van der Waals surface area contributed by atoms with Crippen LogP contribution in [0.15, 0.2) is 30.1 Å². The first kappa shape index (κ1) is 18.8. The number of likely N-dealkylation sites (N-methyl/N-ethyl adjacent to an activating group) is 1. The van der Waals surface area contributed by atoms with Crippen molar-refractivity contribution in [1.82, 2.24) is 25.0 Å². The minimum absolute atomic E-state index is 0.0811. The summed E-state index contributed by atoms with van der Waals surface area (Å²) in [6.07, 6.45) is 3.21. The zero-order valence-corrected chi connectivity index (χ0v) is 15.9. The fourth-order valence-corrected chi connectivity index (χ4v) is 3.35. The Morgan fingerprint density at radius 2 is 1.93 bits per heavy atom. The largest absolute Gasteiger partial charge is 0.507 e. The number of nitrogens with one attached hydrogen (secondary N) is 1. The van der Waals surface area contributed by atoms with E-state index in [9.17, 15) is 14.7 Å². The molecule has 1 fully saturated rings. The van der Waals surface area contributed by atoms with Crippen molar-refractivity contribution in [3.63, 3.8) is 0 Å². The summed E-state index contributed by atoms with van der Waals surface area (Å²) < 4.78 is 0. The van der Waals surface area contributed by atoms with Gasteiger partial charge >= 0.3 is 0 Å². The predicted molar refractivity (Wildman–Crippen MR) is 99.9 cm³/mol. The molecule has 142 valence electrons. The van der Waals surface area contributed by atoms with Crippen LogP contribution in [0.5, 0.6) is 0 Å². The third-order valence-corrected chi connectivity index (χ3v) is 4.71. The summed E-state index contributed by atoms with van der Waals surface area (Å²) in [7, 11) is 3.80. The fourth-order valence-electron chi connectivity index (χ4n) is 3.35. The van der Waals surface area contributed by atoms with Crippen molar-refractivity contribution in [3.05, 3.63) is 52.6 Å². The summed E-state index contributed by atoms with van der Waals surface area (Å²) in [4.78, 5) is 33.0. The Hall–Kier alpha value is -3.00. The summed E-state index contributed by atoms with van der Waals surface area (Å²) in [5, 5.41) is 17.9. The van der Waals surface area contributed by atoms with E-state index in [4.69, 9.17) is 0 Å². The number of amides is 1. The molecular formula is C19H23N5O3. The molecule has 1 aliphatic heterocycles. The molecule has 2 aromatic heterocycles. The summed E-state index contributed by atoms with van der Waals surface area (Å²) >= 11 is 0. The van der Waals surface area contributed by atoms with E-state index in [1.54, 1.807) is 38.4 Å². The van der Waals surface area contributed by atoms with E-state index >= 15 is 0 Å². The van der Waals surface area contributed by atoms with Crippen LogP contribution in [-0.4, -0.2) is 69.0 Å². The van der Waals surface area contributed by atoms with Crippen LogP contribution < -0.4 is 0 Å². The van der Waals surface area contributed by atoms with Gasteiger partial charge in [-0.05, 0) is 45.6 Å². The number of aromatic amines is 1. The van der Waals surface area contributed by atoms with Gasteiger partial charge in [-0.2, -0.15) is 5.10 Å². The maximum Gasteiger partial charge on any atom is 0.295 e. The van der Waals surface area contributed by atoms with Gasteiger partial charge in [0.2, 0.25) is 0 Å². The molecule has 0 aliphatic carbocycles. The monoisotopic (exact) mass is 369 g/mol. The molecule has 1 unspecified atom stereocenters. The number of rotatable bonds is 5. The quantitative estimate of drug-likeness (QED) is 0.469. The first-order valence-corrected chi connectivity index (χ1v) is 8.68. The third kappa shape index (κ3) is 3.35. The van der Waals surface area contributed by atoms with E-state index in [1.807, 2.05) is 19.0 Å². The van der Waals surface area contributed by atoms with Crippen molar-refractivity contribution < 1.29 is 14.7 Å². The molecule has 1 atom stereocenters. The van der Waals surface area contributed by atoms with E-state index < -0.39 is 17.7 Å². The lowest BCUT2D eigenvalue weighted by atomic mass is 9.95. The Balaban J connectivity index is 2.17. The predicted octanol–water partition coefficient (Wildman–Crippen LogP) is 1.40. The van der Waals surface area contributed by atoms with Gasteiger partial charge in [-0.1, -0.05) is 0 Å². The Labute approximate surface area is 157 Å². The number of ketones is 1. The zero-order chi connectivity index (χ0) is 19.7. The number of nitrogens with zero attached hydrogens (tertiary/aromatic N) is 4. The van der Waals surface area contributed by atoms with Crippen LogP contribution in [-0.2, 0) is 9.59 Å². The molecule has 2 aromatic rings. The second-order valence-electron chi connectivity index (χ2n) is 6.89. The Morgan fingerprint density at radius 3 is 2.48 bits per heavy atom. The van der Waals surface area contributed by atoms with Crippen LogP contribution in [0.2, 0.25) is 0 Å². The van der Waals surface area contributed by atoms with Gasteiger partial charge in [0, 0.05) is 31.2 Å². The highest BCUT2D eigenvalue weighted by Gasteiger charge is 2.46. The fraction of sp³-hybridized carbons (Fsp3) is 0.368. The number of aliphatic hydroxyl groups excluding tert-OH is 1. The van der Waals surface area contributed by atoms with Crippen molar-refractivity contribution in [1.29, 1.82) is 0 Å². The molecular weight excluding hydrogens is 346 g/mol. The van der Waals surface area contributed by atoms with Gasteiger partial charge in [-0.3, -0.25) is 19.7 Å². The topological polar surface area (TPSA) is 102 Å². The third-order valence-electron chi connectivity index (χ3n) is 4.71. The molecule has 0 spiro atoms. The summed E-state index contributed by atoms with van der Waals surface area (Å²) in [6.45, 7) is 4.46. The van der Waals surface area contributed by atoms with Gasteiger partial charge in [0.1, 0.15) is 5.76 Å². The van der Waals surface area contributed by atoms with Crippen molar-refractivity contribution in [2.45, 2.75) is 19.9 Å². The molecule has 3 heterocycles. The van der Waals surface area contributed by atoms with E-state index in [1.165, 1.54) is 4.90 Å². The van der Waals surface area contributed by atoms with E-state index in [0.29, 0.717) is 30.0 Å². The molecule has 1 saturated heterocycles. The van der Waals surface area contributed by atoms with E-state index in [-0.39, 0.29) is 11.3 Å². The molecule has 0 radical (unpaired) electrons. The molecule has 2 N–H and O–H groups in total. The molecule has 8 nitrogen and oxygen atoms in total. The molecule has 0 bridgehead atoms. The van der Waals surface area contributed by atoms with Crippen LogP contribution in [0, 0.1) is 13.8 Å². The number of carbonyl (C=O) groups is 2. The van der Waals surface area contributed by atoms with Crippen LogP contribution in [0.25, 0.3) is 5.76 Å². The molecule has 0 saturated carbocycles. The number of Topliss-reactive ketones (excluding diaryl/α,β-unsaturated/α-hetero) is 1. The SMILES string of the molecule is Cc1n[nH]c(C)c1C(O)=C1C(=O)C(=O)N(CCN(C)C)C1c1ccncc1. The maximum absolute atomic E-state index is 12.8. The van der Waals surface area contributed by atoms with Crippen molar-refractivity contribution in [2.24, 2.45) is 0 Å².